The van der Waals surface area contributed by atoms with Crippen molar-refractivity contribution < 1.29 is 4.74 Å². The van der Waals surface area contributed by atoms with Gasteiger partial charge in [0.1, 0.15) is 5.75 Å². The SMILES string of the molecule is COc1ccc(C)cc1CNCCCCSC. The van der Waals surface area contributed by atoms with Crippen LogP contribution >= 0.6 is 11.8 Å². The fourth-order valence-corrected chi connectivity index (χ4v) is 2.26. The maximum atomic E-state index is 5.35. The third kappa shape index (κ3) is 5.46. The first-order valence-electron chi connectivity index (χ1n) is 6.11. The monoisotopic (exact) mass is 253 g/mol. The van der Waals surface area contributed by atoms with E-state index in [1.54, 1.807) is 7.11 Å². The molecule has 17 heavy (non-hydrogen) atoms. The zero-order valence-corrected chi connectivity index (χ0v) is 11.9. The van der Waals surface area contributed by atoms with Gasteiger partial charge in [-0.15, -0.1) is 0 Å². The predicted octanol–water partition coefficient (Wildman–Crippen LogP) is 3.24. The van der Waals surface area contributed by atoms with Gasteiger partial charge in [-0.25, -0.2) is 0 Å². The van der Waals surface area contributed by atoms with Gasteiger partial charge in [0.2, 0.25) is 0 Å². The van der Waals surface area contributed by atoms with Crippen LogP contribution < -0.4 is 10.1 Å². The molecule has 1 N–H and O–H groups in total. The average Bonchev–Trinajstić information content (AvgIpc) is 2.34. The number of nitrogens with one attached hydrogen (secondary N) is 1. The van der Waals surface area contributed by atoms with Crippen LogP contribution in [0.25, 0.3) is 0 Å². The summed E-state index contributed by atoms with van der Waals surface area (Å²) in [6.07, 6.45) is 4.69. The number of hydrogen-bond acceptors (Lipinski definition) is 3. The highest BCUT2D eigenvalue weighted by Gasteiger charge is 2.02. The van der Waals surface area contributed by atoms with Crippen molar-refractivity contribution in [2.45, 2.75) is 26.3 Å². The van der Waals surface area contributed by atoms with E-state index in [4.69, 9.17) is 4.74 Å². The summed E-state index contributed by atoms with van der Waals surface area (Å²) < 4.78 is 5.35. The molecule has 0 atom stereocenters. The summed E-state index contributed by atoms with van der Waals surface area (Å²) in [4.78, 5) is 0. The highest BCUT2D eigenvalue weighted by Crippen LogP contribution is 2.19. The summed E-state index contributed by atoms with van der Waals surface area (Å²) >= 11 is 1.92. The lowest BCUT2D eigenvalue weighted by molar-refractivity contribution is 0.407. The number of ether oxygens (including phenoxy) is 1. The van der Waals surface area contributed by atoms with Gasteiger partial charge in [0.15, 0.2) is 0 Å². The van der Waals surface area contributed by atoms with E-state index < -0.39 is 0 Å². The number of hydrogen-bond donors (Lipinski definition) is 1. The summed E-state index contributed by atoms with van der Waals surface area (Å²) in [5.41, 5.74) is 2.53. The molecule has 1 aromatic carbocycles. The third-order valence-electron chi connectivity index (χ3n) is 2.70. The molecule has 0 saturated carbocycles. The largest absolute Gasteiger partial charge is 0.496 e. The van der Waals surface area contributed by atoms with E-state index >= 15 is 0 Å². The van der Waals surface area contributed by atoms with Crippen LogP contribution in [0.15, 0.2) is 18.2 Å². The van der Waals surface area contributed by atoms with Gasteiger partial charge in [0.25, 0.3) is 0 Å². The molecule has 0 unspecified atom stereocenters. The summed E-state index contributed by atoms with van der Waals surface area (Å²) in [5.74, 6) is 2.24. The van der Waals surface area contributed by atoms with Crippen LogP contribution in [0.5, 0.6) is 5.75 Å². The molecule has 1 rings (SSSR count). The van der Waals surface area contributed by atoms with Gasteiger partial charge in [-0.3, -0.25) is 0 Å². The Kier molecular flexibility index (Phi) is 7.13. The highest BCUT2D eigenvalue weighted by atomic mass is 32.2. The Morgan fingerprint density at radius 1 is 1.29 bits per heavy atom. The lowest BCUT2D eigenvalue weighted by Crippen LogP contribution is -2.15. The standard InChI is InChI=1S/C14H23NOS/c1-12-6-7-14(16-2)13(10-12)11-15-8-4-5-9-17-3/h6-7,10,15H,4-5,8-9,11H2,1-3H3. The molecule has 0 aromatic heterocycles. The second-order valence-corrected chi connectivity index (χ2v) is 5.18. The van der Waals surface area contributed by atoms with Crippen molar-refractivity contribution in [3.05, 3.63) is 29.3 Å². The lowest BCUT2D eigenvalue weighted by atomic mass is 10.1. The Morgan fingerprint density at radius 3 is 2.82 bits per heavy atom. The molecule has 0 fully saturated rings. The van der Waals surface area contributed by atoms with Crippen LogP contribution in [0.4, 0.5) is 0 Å². The maximum Gasteiger partial charge on any atom is 0.123 e. The van der Waals surface area contributed by atoms with Crippen molar-refractivity contribution in [3.63, 3.8) is 0 Å². The fourth-order valence-electron chi connectivity index (χ4n) is 1.76. The Morgan fingerprint density at radius 2 is 2.12 bits per heavy atom. The van der Waals surface area contributed by atoms with E-state index in [9.17, 15) is 0 Å². The van der Waals surface area contributed by atoms with Gasteiger partial charge >= 0.3 is 0 Å². The highest BCUT2D eigenvalue weighted by molar-refractivity contribution is 7.98. The summed E-state index contributed by atoms with van der Waals surface area (Å²) in [6.45, 7) is 4.09. The van der Waals surface area contributed by atoms with Crippen LogP contribution in [-0.2, 0) is 6.54 Å². The fraction of sp³-hybridized carbons (Fsp3) is 0.571. The molecule has 0 heterocycles. The van der Waals surface area contributed by atoms with E-state index in [0.717, 1.165) is 18.8 Å². The minimum absolute atomic E-state index is 0.893. The Labute approximate surface area is 109 Å². The minimum Gasteiger partial charge on any atom is -0.496 e. The van der Waals surface area contributed by atoms with E-state index in [2.05, 4.69) is 30.6 Å². The molecule has 0 aliphatic carbocycles. The summed E-state index contributed by atoms with van der Waals surface area (Å²) in [5, 5.41) is 3.47. The number of benzene rings is 1. The molecule has 0 radical (unpaired) electrons. The first-order chi connectivity index (χ1) is 8.27. The van der Waals surface area contributed by atoms with Crippen LogP contribution in [0.2, 0.25) is 0 Å². The predicted molar refractivity (Wildman–Crippen MR) is 77.1 cm³/mol. The molecule has 2 nitrogen and oxygen atoms in total. The molecule has 96 valence electrons. The van der Waals surface area contributed by atoms with Crippen molar-refractivity contribution in [2.24, 2.45) is 0 Å². The first kappa shape index (κ1) is 14.4. The molecule has 0 bridgehead atoms. The van der Waals surface area contributed by atoms with Gasteiger partial charge in [-0.05, 0) is 44.4 Å². The molecular weight excluding hydrogens is 230 g/mol. The molecule has 0 spiro atoms. The number of rotatable bonds is 8. The Balaban J connectivity index is 2.32. The molecule has 3 heteroatoms. The summed E-state index contributed by atoms with van der Waals surface area (Å²) in [7, 11) is 1.73. The van der Waals surface area contributed by atoms with Crippen molar-refractivity contribution in [1.29, 1.82) is 0 Å². The normalized spacial score (nSPS) is 10.5. The van der Waals surface area contributed by atoms with Gasteiger partial charge < -0.3 is 10.1 Å². The van der Waals surface area contributed by atoms with Crippen molar-refractivity contribution in [2.75, 3.05) is 25.7 Å². The van der Waals surface area contributed by atoms with Crippen molar-refractivity contribution in [1.82, 2.24) is 5.32 Å². The van der Waals surface area contributed by atoms with Gasteiger partial charge in [-0.1, -0.05) is 17.7 Å². The maximum absolute atomic E-state index is 5.35. The minimum atomic E-state index is 0.893. The summed E-state index contributed by atoms with van der Waals surface area (Å²) in [6, 6.07) is 6.31. The molecule has 0 saturated heterocycles. The second kappa shape index (κ2) is 8.43. The number of aryl methyl sites for hydroxylation is 1. The lowest BCUT2D eigenvalue weighted by Gasteiger charge is -2.10. The van der Waals surface area contributed by atoms with Crippen molar-refractivity contribution in [3.8, 4) is 5.75 Å². The van der Waals surface area contributed by atoms with Crippen LogP contribution in [0, 0.1) is 6.92 Å². The number of methoxy groups -OCH3 is 1. The van der Waals surface area contributed by atoms with E-state index in [-0.39, 0.29) is 0 Å². The zero-order chi connectivity index (χ0) is 12.5. The van der Waals surface area contributed by atoms with Crippen molar-refractivity contribution >= 4 is 11.8 Å². The molecular formula is C14H23NOS. The molecule has 0 amide bonds. The Hall–Kier alpha value is -0.670. The van der Waals surface area contributed by atoms with Crippen LogP contribution in [-0.4, -0.2) is 25.7 Å². The smallest absolute Gasteiger partial charge is 0.123 e. The third-order valence-corrected chi connectivity index (χ3v) is 3.40. The van der Waals surface area contributed by atoms with Crippen LogP contribution in [0.1, 0.15) is 24.0 Å². The van der Waals surface area contributed by atoms with Gasteiger partial charge in [0, 0.05) is 12.1 Å². The van der Waals surface area contributed by atoms with E-state index in [0.29, 0.717) is 0 Å². The van der Waals surface area contributed by atoms with E-state index in [1.165, 1.54) is 29.7 Å². The quantitative estimate of drug-likeness (QED) is 0.719. The average molecular weight is 253 g/mol. The molecule has 1 aromatic rings. The number of unbranched alkanes of at least 4 members (excludes halogenated alkanes) is 1. The topological polar surface area (TPSA) is 21.3 Å². The molecule has 0 aliphatic rings. The van der Waals surface area contributed by atoms with Crippen LogP contribution in [0.3, 0.4) is 0 Å². The Bertz CT molecular complexity index is 328. The van der Waals surface area contributed by atoms with Gasteiger partial charge in [-0.2, -0.15) is 11.8 Å². The van der Waals surface area contributed by atoms with Gasteiger partial charge in [0.05, 0.1) is 7.11 Å². The second-order valence-electron chi connectivity index (χ2n) is 4.19. The van der Waals surface area contributed by atoms with E-state index in [1.807, 2.05) is 17.8 Å². The zero-order valence-electron chi connectivity index (χ0n) is 11.1. The number of thioether (sulfide) groups is 1. The first-order valence-corrected chi connectivity index (χ1v) is 7.50. The molecule has 0 aliphatic heterocycles.